The van der Waals surface area contributed by atoms with Crippen LogP contribution in [0.15, 0.2) is 54.6 Å². The summed E-state index contributed by atoms with van der Waals surface area (Å²) in [5.74, 6) is 0.993. The first-order valence-electron chi connectivity index (χ1n) is 6.15. The molecule has 0 fully saturated rings. The van der Waals surface area contributed by atoms with Crippen LogP contribution in [0.5, 0.6) is 5.75 Å². The van der Waals surface area contributed by atoms with Gasteiger partial charge in [0, 0.05) is 5.30 Å². The summed E-state index contributed by atoms with van der Waals surface area (Å²) >= 11 is 0. The van der Waals surface area contributed by atoms with Gasteiger partial charge in [-0.15, -0.1) is 12.4 Å². The molecule has 3 heteroatoms. The van der Waals surface area contributed by atoms with Gasteiger partial charge in [-0.3, -0.25) is 0 Å². The standard InChI is InChI=1S/C16H19OP.ClH/c1-16(2,3)17-14-11-7-8-12-15(14)18-13-9-5-4-6-10-13;/h4-12,18H,1-3H3;1H. The minimum Gasteiger partial charge on any atom is -0.487 e. The van der Waals surface area contributed by atoms with Crippen LogP contribution in [0, 0.1) is 0 Å². The number of hydrogen-bond acceptors (Lipinski definition) is 1. The van der Waals surface area contributed by atoms with Gasteiger partial charge in [0.2, 0.25) is 0 Å². The normalized spacial score (nSPS) is 11.3. The Balaban J connectivity index is 0.00000180. The fourth-order valence-corrected chi connectivity index (χ4v) is 2.77. The molecule has 1 unspecified atom stereocenters. The van der Waals surface area contributed by atoms with Crippen LogP contribution < -0.4 is 15.3 Å². The van der Waals surface area contributed by atoms with Crippen LogP contribution in [0.3, 0.4) is 0 Å². The second-order valence-electron chi connectivity index (χ2n) is 5.20. The van der Waals surface area contributed by atoms with Crippen LogP contribution in [-0.2, 0) is 0 Å². The Morgan fingerprint density at radius 1 is 0.842 bits per heavy atom. The Morgan fingerprint density at radius 3 is 2.05 bits per heavy atom. The minimum atomic E-state index is -0.155. The Labute approximate surface area is 123 Å². The van der Waals surface area contributed by atoms with Crippen molar-refractivity contribution in [3.63, 3.8) is 0 Å². The molecule has 2 aromatic carbocycles. The average Bonchev–Trinajstić information content (AvgIpc) is 2.31. The summed E-state index contributed by atoms with van der Waals surface area (Å²) in [5.41, 5.74) is -0.155. The van der Waals surface area contributed by atoms with Crippen molar-refractivity contribution in [2.24, 2.45) is 0 Å². The average molecular weight is 295 g/mol. The van der Waals surface area contributed by atoms with Crippen LogP contribution >= 0.6 is 21.0 Å². The maximum Gasteiger partial charge on any atom is 0.127 e. The monoisotopic (exact) mass is 294 g/mol. The van der Waals surface area contributed by atoms with Crippen molar-refractivity contribution >= 4 is 31.6 Å². The lowest BCUT2D eigenvalue weighted by Crippen LogP contribution is -2.25. The molecule has 2 rings (SSSR count). The van der Waals surface area contributed by atoms with Gasteiger partial charge in [-0.05, 0) is 32.1 Å². The lowest BCUT2D eigenvalue weighted by molar-refractivity contribution is 0.132. The van der Waals surface area contributed by atoms with Gasteiger partial charge in [-0.25, -0.2) is 0 Å². The molecule has 0 aliphatic rings. The predicted octanol–water partition coefficient (Wildman–Crippen LogP) is 3.92. The highest BCUT2D eigenvalue weighted by Crippen LogP contribution is 2.22. The Morgan fingerprint density at radius 2 is 1.42 bits per heavy atom. The third kappa shape index (κ3) is 5.22. The summed E-state index contributed by atoms with van der Waals surface area (Å²) < 4.78 is 6.01. The molecule has 0 aromatic heterocycles. The molecular weight excluding hydrogens is 275 g/mol. The fraction of sp³-hybridized carbons (Fsp3) is 0.250. The number of benzene rings is 2. The van der Waals surface area contributed by atoms with E-state index in [1.165, 1.54) is 10.6 Å². The largest absolute Gasteiger partial charge is 0.487 e. The molecule has 0 bridgehead atoms. The molecule has 0 aliphatic carbocycles. The van der Waals surface area contributed by atoms with Crippen molar-refractivity contribution in [3.05, 3.63) is 54.6 Å². The van der Waals surface area contributed by atoms with Crippen LogP contribution in [-0.4, -0.2) is 5.60 Å². The third-order valence-electron chi connectivity index (χ3n) is 2.36. The molecule has 0 saturated carbocycles. The van der Waals surface area contributed by atoms with Gasteiger partial charge < -0.3 is 4.74 Å². The molecule has 0 radical (unpaired) electrons. The lowest BCUT2D eigenvalue weighted by Gasteiger charge is -2.23. The molecular formula is C16H20ClOP. The third-order valence-corrected chi connectivity index (χ3v) is 3.66. The molecule has 1 nitrogen and oxygen atoms in total. The summed E-state index contributed by atoms with van der Waals surface area (Å²) in [6.45, 7) is 6.24. The molecule has 0 N–H and O–H groups in total. The fourth-order valence-electron chi connectivity index (χ4n) is 1.67. The highest BCUT2D eigenvalue weighted by atomic mass is 35.5. The van der Waals surface area contributed by atoms with Crippen LogP contribution in [0.2, 0.25) is 0 Å². The van der Waals surface area contributed by atoms with E-state index in [2.05, 4.69) is 63.2 Å². The number of rotatable bonds is 3. The van der Waals surface area contributed by atoms with E-state index in [4.69, 9.17) is 4.74 Å². The highest BCUT2D eigenvalue weighted by Gasteiger charge is 2.14. The van der Waals surface area contributed by atoms with E-state index in [1.54, 1.807) is 0 Å². The first-order chi connectivity index (χ1) is 8.54. The minimum absolute atomic E-state index is 0. The molecule has 0 spiro atoms. The van der Waals surface area contributed by atoms with Crippen molar-refractivity contribution < 1.29 is 4.74 Å². The Hall–Kier alpha value is -1.04. The van der Waals surface area contributed by atoms with Crippen molar-refractivity contribution in [1.29, 1.82) is 0 Å². The quantitative estimate of drug-likeness (QED) is 0.780. The smallest absolute Gasteiger partial charge is 0.127 e. The Bertz CT molecular complexity index is 506. The number of ether oxygens (including phenoxy) is 1. The Kier molecular flexibility index (Phi) is 5.85. The SMILES string of the molecule is CC(C)(C)Oc1ccccc1Pc1ccccc1.Cl. The zero-order valence-corrected chi connectivity index (χ0v) is 13.3. The van der Waals surface area contributed by atoms with Gasteiger partial charge in [0.05, 0.1) is 0 Å². The van der Waals surface area contributed by atoms with Crippen molar-refractivity contribution in [2.75, 3.05) is 0 Å². The topological polar surface area (TPSA) is 9.23 Å². The van der Waals surface area contributed by atoms with Crippen molar-refractivity contribution in [2.45, 2.75) is 26.4 Å². The van der Waals surface area contributed by atoms with E-state index in [1.807, 2.05) is 12.1 Å². The van der Waals surface area contributed by atoms with Crippen LogP contribution in [0.4, 0.5) is 0 Å². The van der Waals surface area contributed by atoms with Gasteiger partial charge in [-0.1, -0.05) is 57.1 Å². The lowest BCUT2D eigenvalue weighted by atomic mass is 10.2. The van der Waals surface area contributed by atoms with E-state index < -0.39 is 0 Å². The van der Waals surface area contributed by atoms with Crippen molar-refractivity contribution in [1.82, 2.24) is 0 Å². The molecule has 19 heavy (non-hydrogen) atoms. The first-order valence-corrected chi connectivity index (χ1v) is 7.15. The van der Waals surface area contributed by atoms with Crippen molar-refractivity contribution in [3.8, 4) is 5.75 Å². The van der Waals surface area contributed by atoms with Gasteiger partial charge >= 0.3 is 0 Å². The van der Waals surface area contributed by atoms with Gasteiger partial charge in [0.1, 0.15) is 11.4 Å². The number of hydrogen-bond donors (Lipinski definition) is 0. The van der Waals surface area contributed by atoms with E-state index >= 15 is 0 Å². The number of halogens is 1. The van der Waals surface area contributed by atoms with Gasteiger partial charge in [-0.2, -0.15) is 0 Å². The van der Waals surface area contributed by atoms with E-state index in [9.17, 15) is 0 Å². The summed E-state index contributed by atoms with van der Waals surface area (Å²) in [6.07, 6.45) is 0. The summed E-state index contributed by atoms with van der Waals surface area (Å²) in [5, 5.41) is 2.60. The van der Waals surface area contributed by atoms with Crippen LogP contribution in [0.1, 0.15) is 20.8 Å². The van der Waals surface area contributed by atoms with E-state index in [-0.39, 0.29) is 18.0 Å². The first kappa shape index (κ1) is 16.0. The second kappa shape index (κ2) is 6.93. The second-order valence-corrected chi connectivity index (χ2v) is 6.57. The molecule has 102 valence electrons. The zero-order valence-electron chi connectivity index (χ0n) is 11.5. The van der Waals surface area contributed by atoms with E-state index in [0.717, 1.165) is 5.75 Å². The molecule has 0 heterocycles. The van der Waals surface area contributed by atoms with E-state index in [0.29, 0.717) is 8.58 Å². The summed E-state index contributed by atoms with van der Waals surface area (Å²) in [6, 6.07) is 18.8. The van der Waals surface area contributed by atoms with Crippen LogP contribution in [0.25, 0.3) is 0 Å². The highest BCUT2D eigenvalue weighted by molar-refractivity contribution is 7.55. The summed E-state index contributed by atoms with van der Waals surface area (Å²) in [7, 11) is 0.636. The number of para-hydroxylation sites is 1. The molecule has 0 saturated heterocycles. The van der Waals surface area contributed by atoms with Gasteiger partial charge in [0.15, 0.2) is 0 Å². The summed E-state index contributed by atoms with van der Waals surface area (Å²) in [4.78, 5) is 0. The molecule has 0 aliphatic heterocycles. The molecule has 2 aromatic rings. The molecule has 0 amide bonds. The predicted molar refractivity (Wildman–Crippen MR) is 88.1 cm³/mol. The van der Waals surface area contributed by atoms with Gasteiger partial charge in [0.25, 0.3) is 0 Å². The maximum atomic E-state index is 6.01. The maximum absolute atomic E-state index is 6.01. The zero-order chi connectivity index (χ0) is 13.0. The molecule has 1 atom stereocenters.